The number of alkyl halides is 6. The minimum atomic E-state index is -5.19. The number of carboxylic acid groups (broad SMARTS) is 2. The quantitative estimate of drug-likeness (QED) is 0.227. The van der Waals surface area contributed by atoms with Gasteiger partial charge in [0, 0.05) is 30.6 Å². The highest BCUT2D eigenvalue weighted by molar-refractivity contribution is 5.73. The van der Waals surface area contributed by atoms with Crippen molar-refractivity contribution < 1.29 is 50.7 Å². The van der Waals surface area contributed by atoms with E-state index in [-0.39, 0.29) is 0 Å². The molecule has 0 amide bonds. The van der Waals surface area contributed by atoms with Crippen LogP contribution in [0.1, 0.15) is 94.1 Å². The van der Waals surface area contributed by atoms with Gasteiger partial charge in [-0.1, -0.05) is 67.9 Å². The van der Waals surface area contributed by atoms with E-state index < -0.39 is 24.3 Å². The predicted octanol–water partition coefficient (Wildman–Crippen LogP) is 7.40. The average molecular weight is 687 g/mol. The summed E-state index contributed by atoms with van der Waals surface area (Å²) in [4.78, 5) is 20.4. The zero-order valence-corrected chi connectivity index (χ0v) is 27.4. The molecular weight excluding hydrogens is 638 g/mol. The maximum Gasteiger partial charge on any atom is 0.490 e. The third-order valence-corrected chi connectivity index (χ3v) is 8.43. The molecule has 1 N–H and O–H groups in total. The highest BCUT2D eigenvalue weighted by Crippen LogP contribution is 2.36. The number of fused-ring (bicyclic) bond motifs is 9. The smallest absolute Gasteiger partial charge is 0.490 e. The van der Waals surface area contributed by atoms with Gasteiger partial charge in [0.05, 0.1) is 0 Å². The minimum absolute atomic E-state index is 0.725. The Labute approximate surface area is 279 Å². The third kappa shape index (κ3) is 17.1. The number of carbonyl (C=O) groups is 2. The largest absolute Gasteiger partial charge is 0.542 e. The number of piperidine rings is 1. The molecule has 6 nitrogen and oxygen atoms in total. The molecule has 0 aromatic carbocycles. The molecule has 4 aliphatic rings. The topological polar surface area (TPSA) is 84.5 Å². The third-order valence-electron chi connectivity index (χ3n) is 8.43. The van der Waals surface area contributed by atoms with Crippen LogP contribution < -0.4 is 9.67 Å². The fourth-order valence-electron chi connectivity index (χ4n) is 6.03. The first kappa shape index (κ1) is 40.8. The Kier molecular flexibility index (Phi) is 18.3. The summed E-state index contributed by atoms with van der Waals surface area (Å²) in [5, 5.41) is 15.9. The molecule has 48 heavy (non-hydrogen) atoms. The number of aromatic nitrogens is 1. The molecule has 1 aromatic rings. The van der Waals surface area contributed by atoms with E-state index in [1.54, 1.807) is 11.1 Å². The molecule has 12 heteroatoms. The Hall–Kier alpha value is -3.41. The van der Waals surface area contributed by atoms with Crippen LogP contribution >= 0.6 is 0 Å². The molecule has 1 fully saturated rings. The van der Waals surface area contributed by atoms with Crippen molar-refractivity contribution in [3.63, 3.8) is 0 Å². The average Bonchev–Trinajstić information content (AvgIpc) is 3.02. The summed E-state index contributed by atoms with van der Waals surface area (Å²) in [6, 6.07) is 2.59. The number of aliphatic carboxylic acids is 2. The van der Waals surface area contributed by atoms with Gasteiger partial charge < -0.3 is 19.9 Å². The molecule has 1 unspecified atom stereocenters. The second-order valence-electron chi connectivity index (χ2n) is 12.3. The van der Waals surface area contributed by atoms with Crippen LogP contribution in [-0.2, 0) is 22.6 Å². The van der Waals surface area contributed by atoms with Crippen LogP contribution in [0.3, 0.4) is 0 Å². The normalized spacial score (nSPS) is 25.5. The number of halogens is 6. The summed E-state index contributed by atoms with van der Waals surface area (Å²) in [6.07, 6.45) is 29.8. The van der Waals surface area contributed by atoms with Crippen molar-refractivity contribution in [3.05, 3.63) is 78.2 Å². The number of aryl methyl sites for hydroxylation is 2. The standard InChI is InChI=1S/C32H47N2.2C2HF3O2/c1-2-5-10-14-18-23-34-26-29-19-15-11-7-4-6-9-13-17-22-33-24-21-32(31(25-29)28-34)30(27-33)20-16-12-8-3-1;2*3-2(4,5)1(6)7/h2,4-6,9-10,13-14,25-26,28,30,32H,1,3,7-8,11-12,15-24,27H2;2*(H,6,7)/q+1;;/p-1/b5-2-,6-4-,13-9+,14-10-;;/t30-,32-;;/m1../s1. The number of rotatable bonds is 0. The van der Waals surface area contributed by atoms with Gasteiger partial charge in [-0.2, -0.15) is 26.3 Å². The lowest BCUT2D eigenvalue weighted by Gasteiger charge is -2.38. The molecule has 3 atom stereocenters. The lowest BCUT2D eigenvalue weighted by Crippen LogP contribution is -2.41. The van der Waals surface area contributed by atoms with Gasteiger partial charge in [0.25, 0.3) is 0 Å². The number of carbonyl (C=O) groups excluding carboxylic acids is 1. The fourth-order valence-corrected chi connectivity index (χ4v) is 6.03. The minimum Gasteiger partial charge on any atom is -0.542 e. The molecule has 4 aliphatic heterocycles. The summed E-state index contributed by atoms with van der Waals surface area (Å²) in [5.74, 6) is -4.24. The number of hydrogen-bond acceptors (Lipinski definition) is 4. The molecule has 0 spiro atoms. The Balaban J connectivity index is 0.000000479. The molecule has 1 saturated heterocycles. The summed E-state index contributed by atoms with van der Waals surface area (Å²) in [6.45, 7) is 4.84. The van der Waals surface area contributed by atoms with Gasteiger partial charge in [0.15, 0.2) is 18.9 Å². The molecule has 6 bridgehead atoms. The second-order valence-corrected chi connectivity index (χ2v) is 12.3. The Morgan fingerprint density at radius 3 is 1.92 bits per heavy atom. The van der Waals surface area contributed by atoms with Crippen molar-refractivity contribution in [1.82, 2.24) is 4.90 Å². The molecule has 0 saturated carbocycles. The molecule has 0 aliphatic carbocycles. The van der Waals surface area contributed by atoms with Crippen LogP contribution in [0.5, 0.6) is 0 Å². The zero-order chi connectivity index (χ0) is 35.4. The lowest BCUT2D eigenvalue weighted by atomic mass is 9.78. The van der Waals surface area contributed by atoms with Gasteiger partial charge in [0.2, 0.25) is 0 Å². The van der Waals surface area contributed by atoms with Crippen molar-refractivity contribution in [2.75, 3.05) is 19.6 Å². The fraction of sp³-hybridized carbons (Fsp3) is 0.583. The summed E-state index contributed by atoms with van der Waals surface area (Å²) >= 11 is 0. The van der Waals surface area contributed by atoms with E-state index in [1.807, 2.05) is 0 Å². The molecule has 5 rings (SSSR count). The van der Waals surface area contributed by atoms with Gasteiger partial charge in [0.1, 0.15) is 5.97 Å². The van der Waals surface area contributed by atoms with Crippen molar-refractivity contribution >= 4 is 11.9 Å². The van der Waals surface area contributed by atoms with E-state index in [2.05, 4.69) is 76.5 Å². The van der Waals surface area contributed by atoms with Crippen LogP contribution in [0, 0.1) is 5.92 Å². The Morgan fingerprint density at radius 1 is 0.750 bits per heavy atom. The number of hydrogen-bond donors (Lipinski definition) is 1. The van der Waals surface area contributed by atoms with Crippen molar-refractivity contribution in [2.24, 2.45) is 5.92 Å². The zero-order valence-electron chi connectivity index (χ0n) is 27.4. The van der Waals surface area contributed by atoms with Crippen LogP contribution in [0.2, 0.25) is 0 Å². The molecule has 268 valence electrons. The number of pyridine rings is 1. The molecule has 0 radical (unpaired) electrons. The van der Waals surface area contributed by atoms with Gasteiger partial charge in [-0.3, -0.25) is 0 Å². The molecule has 1 aromatic heterocycles. The maximum absolute atomic E-state index is 10.6. The number of allylic oxidation sites excluding steroid dienone is 7. The summed E-state index contributed by atoms with van der Waals surface area (Å²) in [5.41, 5.74) is 3.17. The second kappa shape index (κ2) is 21.5. The highest BCUT2D eigenvalue weighted by Gasteiger charge is 2.38. The SMILES string of the molecule is C1=C\CCCCCC[C@@H]2CN3CC/C=C/C=C\CCCCc4cc(c[n+](c4)CC\C=C/1)[C@@H]2CC3.O=C(O)C(F)(F)F.O=C([O-])C(F)(F)F. The van der Waals surface area contributed by atoms with E-state index in [9.17, 15) is 26.3 Å². The van der Waals surface area contributed by atoms with Crippen molar-refractivity contribution in [2.45, 2.75) is 108 Å². The molecular formula is C36H48F6N2O4. The van der Waals surface area contributed by atoms with Crippen LogP contribution in [0.25, 0.3) is 0 Å². The van der Waals surface area contributed by atoms with Crippen LogP contribution in [-0.4, -0.2) is 53.9 Å². The summed E-state index contributed by atoms with van der Waals surface area (Å²) < 4.78 is 65.8. The first-order valence-electron chi connectivity index (χ1n) is 16.7. The van der Waals surface area contributed by atoms with Crippen LogP contribution in [0.15, 0.2) is 67.1 Å². The predicted molar refractivity (Wildman–Crippen MR) is 170 cm³/mol. The lowest BCUT2D eigenvalue weighted by molar-refractivity contribution is -0.697. The van der Waals surface area contributed by atoms with Gasteiger partial charge in [-0.05, 0) is 82.2 Å². The van der Waals surface area contributed by atoms with Crippen molar-refractivity contribution in [3.8, 4) is 0 Å². The van der Waals surface area contributed by atoms with Gasteiger partial charge in [-0.15, -0.1) is 0 Å². The first-order valence-corrected chi connectivity index (χ1v) is 16.7. The number of carboxylic acids is 2. The van der Waals surface area contributed by atoms with Crippen molar-refractivity contribution in [1.29, 1.82) is 0 Å². The van der Waals surface area contributed by atoms with E-state index in [0.29, 0.717) is 0 Å². The van der Waals surface area contributed by atoms with E-state index in [1.165, 1.54) is 96.7 Å². The van der Waals surface area contributed by atoms with Crippen LogP contribution in [0.4, 0.5) is 26.3 Å². The van der Waals surface area contributed by atoms with Gasteiger partial charge >= 0.3 is 18.3 Å². The van der Waals surface area contributed by atoms with E-state index in [4.69, 9.17) is 19.8 Å². The van der Waals surface area contributed by atoms with E-state index in [0.717, 1.165) is 24.8 Å². The number of nitrogens with zero attached hydrogens (tertiary/aromatic N) is 2. The highest BCUT2D eigenvalue weighted by atomic mass is 19.4. The Bertz CT molecular complexity index is 1220. The first-order chi connectivity index (χ1) is 22.8. The van der Waals surface area contributed by atoms with E-state index >= 15 is 0 Å². The maximum atomic E-state index is 10.6. The molecule has 5 heterocycles. The van der Waals surface area contributed by atoms with Gasteiger partial charge in [-0.25, -0.2) is 9.36 Å². The summed E-state index contributed by atoms with van der Waals surface area (Å²) in [7, 11) is 0. The monoisotopic (exact) mass is 686 g/mol. The Morgan fingerprint density at radius 2 is 1.31 bits per heavy atom.